The van der Waals surface area contributed by atoms with Gasteiger partial charge in [-0.15, -0.1) is 0 Å². The SMILES string of the molecule is CCNNC(=O)CC. The van der Waals surface area contributed by atoms with E-state index < -0.39 is 0 Å². The molecule has 48 valence electrons. The van der Waals surface area contributed by atoms with Crippen molar-refractivity contribution in [1.29, 1.82) is 0 Å². The van der Waals surface area contributed by atoms with Crippen molar-refractivity contribution in [3.8, 4) is 0 Å². The Balaban J connectivity index is 2.99. The van der Waals surface area contributed by atoms with Gasteiger partial charge in [0.25, 0.3) is 0 Å². The van der Waals surface area contributed by atoms with E-state index in [0.717, 1.165) is 6.54 Å². The summed E-state index contributed by atoms with van der Waals surface area (Å²) < 4.78 is 0. The summed E-state index contributed by atoms with van der Waals surface area (Å²) in [5.41, 5.74) is 5.19. The van der Waals surface area contributed by atoms with E-state index >= 15 is 0 Å². The number of amides is 1. The highest BCUT2D eigenvalue weighted by molar-refractivity contribution is 5.74. The topological polar surface area (TPSA) is 41.1 Å². The van der Waals surface area contributed by atoms with Crippen molar-refractivity contribution in [2.45, 2.75) is 20.3 Å². The molecule has 0 heterocycles. The highest BCUT2D eigenvalue weighted by Gasteiger charge is 1.89. The summed E-state index contributed by atoms with van der Waals surface area (Å²) >= 11 is 0. The Morgan fingerprint density at radius 2 is 2.12 bits per heavy atom. The van der Waals surface area contributed by atoms with Gasteiger partial charge in [0.1, 0.15) is 0 Å². The number of hydrazine groups is 1. The summed E-state index contributed by atoms with van der Waals surface area (Å²) in [4.78, 5) is 10.4. The molecule has 8 heavy (non-hydrogen) atoms. The first kappa shape index (κ1) is 7.43. The van der Waals surface area contributed by atoms with Gasteiger partial charge in [-0.2, -0.15) is 0 Å². The number of hydrogen-bond donors (Lipinski definition) is 2. The molecule has 0 aliphatic carbocycles. The van der Waals surface area contributed by atoms with Crippen molar-refractivity contribution in [3.05, 3.63) is 0 Å². The van der Waals surface area contributed by atoms with Crippen molar-refractivity contribution >= 4 is 5.91 Å². The van der Waals surface area contributed by atoms with Crippen LogP contribution in [0.2, 0.25) is 0 Å². The fraction of sp³-hybridized carbons (Fsp3) is 0.800. The lowest BCUT2D eigenvalue weighted by Gasteiger charge is -1.99. The van der Waals surface area contributed by atoms with Crippen molar-refractivity contribution in [3.63, 3.8) is 0 Å². The second-order valence-corrected chi connectivity index (χ2v) is 1.43. The molecule has 0 unspecified atom stereocenters. The van der Waals surface area contributed by atoms with Gasteiger partial charge in [0, 0.05) is 13.0 Å². The molecule has 0 bridgehead atoms. The van der Waals surface area contributed by atoms with Gasteiger partial charge < -0.3 is 0 Å². The summed E-state index contributed by atoms with van der Waals surface area (Å²) in [6.45, 7) is 4.51. The molecular weight excluding hydrogens is 104 g/mol. The second kappa shape index (κ2) is 4.59. The average Bonchev–Trinajstić information content (AvgIpc) is 1.83. The van der Waals surface area contributed by atoms with Crippen LogP contribution in [0.15, 0.2) is 0 Å². The Bertz CT molecular complexity index is 72.8. The molecule has 0 aromatic heterocycles. The zero-order valence-electron chi connectivity index (χ0n) is 5.32. The first-order valence-electron chi connectivity index (χ1n) is 2.83. The molecule has 1 amide bonds. The van der Waals surface area contributed by atoms with Crippen LogP contribution in [0.25, 0.3) is 0 Å². The van der Waals surface area contributed by atoms with Crippen LogP contribution in [0, 0.1) is 0 Å². The number of rotatable bonds is 3. The average molecular weight is 116 g/mol. The zero-order valence-corrected chi connectivity index (χ0v) is 5.32. The molecule has 0 aromatic rings. The second-order valence-electron chi connectivity index (χ2n) is 1.43. The van der Waals surface area contributed by atoms with E-state index in [1.54, 1.807) is 0 Å². The highest BCUT2D eigenvalue weighted by atomic mass is 16.2. The quantitative estimate of drug-likeness (QED) is 0.511. The summed E-state index contributed by atoms with van der Waals surface area (Å²) in [6, 6.07) is 0. The van der Waals surface area contributed by atoms with E-state index in [9.17, 15) is 4.79 Å². The molecule has 0 saturated heterocycles. The number of nitrogens with one attached hydrogen (secondary N) is 2. The molecule has 3 nitrogen and oxygen atoms in total. The van der Waals surface area contributed by atoms with Gasteiger partial charge >= 0.3 is 0 Å². The van der Waals surface area contributed by atoms with Crippen LogP contribution >= 0.6 is 0 Å². The largest absolute Gasteiger partial charge is 0.292 e. The zero-order chi connectivity index (χ0) is 6.41. The molecule has 0 radical (unpaired) electrons. The molecule has 0 saturated carbocycles. The highest BCUT2D eigenvalue weighted by Crippen LogP contribution is 1.69. The van der Waals surface area contributed by atoms with Crippen molar-refractivity contribution in [2.24, 2.45) is 0 Å². The molecule has 3 heteroatoms. The van der Waals surface area contributed by atoms with Crippen molar-refractivity contribution in [1.82, 2.24) is 10.9 Å². The van der Waals surface area contributed by atoms with Gasteiger partial charge in [-0.05, 0) is 0 Å². The summed E-state index contributed by atoms with van der Waals surface area (Å²) in [7, 11) is 0. The predicted octanol–water partition coefficient (Wildman–Crippen LogP) is 0.0371. The van der Waals surface area contributed by atoms with E-state index in [0.29, 0.717) is 6.42 Å². The Morgan fingerprint density at radius 1 is 1.50 bits per heavy atom. The van der Waals surface area contributed by atoms with E-state index in [1.165, 1.54) is 0 Å². The van der Waals surface area contributed by atoms with Crippen LogP contribution in [0.1, 0.15) is 20.3 Å². The van der Waals surface area contributed by atoms with E-state index in [1.807, 2.05) is 13.8 Å². The number of carbonyl (C=O) groups excluding carboxylic acids is 1. The fourth-order valence-electron chi connectivity index (χ4n) is 0.275. The summed E-state index contributed by atoms with van der Waals surface area (Å²) in [6.07, 6.45) is 0.535. The van der Waals surface area contributed by atoms with Gasteiger partial charge in [0.15, 0.2) is 0 Å². The molecule has 2 N–H and O–H groups in total. The van der Waals surface area contributed by atoms with Gasteiger partial charge in [0.05, 0.1) is 0 Å². The summed E-state index contributed by atoms with van der Waals surface area (Å²) in [5, 5.41) is 0. The van der Waals surface area contributed by atoms with Crippen LogP contribution < -0.4 is 10.9 Å². The third-order valence-corrected chi connectivity index (χ3v) is 0.726. The fourth-order valence-corrected chi connectivity index (χ4v) is 0.275. The Labute approximate surface area is 49.4 Å². The van der Waals surface area contributed by atoms with Crippen LogP contribution in [0.5, 0.6) is 0 Å². The van der Waals surface area contributed by atoms with Crippen LogP contribution in [0.4, 0.5) is 0 Å². The van der Waals surface area contributed by atoms with Gasteiger partial charge in [-0.1, -0.05) is 13.8 Å². The molecule has 0 spiro atoms. The van der Waals surface area contributed by atoms with Crippen LogP contribution in [0.3, 0.4) is 0 Å². The standard InChI is InChI=1S/C5H12N2O/c1-3-5(8)7-6-4-2/h6H,3-4H2,1-2H3,(H,7,8). The third kappa shape index (κ3) is 3.61. The maximum absolute atomic E-state index is 10.4. The summed E-state index contributed by atoms with van der Waals surface area (Å²) in [5.74, 6) is 0.0341. The molecular formula is C5H12N2O. The van der Waals surface area contributed by atoms with Crippen LogP contribution in [-0.4, -0.2) is 12.5 Å². The third-order valence-electron chi connectivity index (χ3n) is 0.726. The molecule has 0 aliphatic rings. The van der Waals surface area contributed by atoms with E-state index in [4.69, 9.17) is 0 Å². The lowest BCUT2D eigenvalue weighted by Crippen LogP contribution is -2.36. The molecule has 0 aromatic carbocycles. The Kier molecular flexibility index (Phi) is 4.26. The minimum Gasteiger partial charge on any atom is -0.292 e. The molecule has 0 rings (SSSR count). The smallest absolute Gasteiger partial charge is 0.233 e. The van der Waals surface area contributed by atoms with Gasteiger partial charge in [-0.3, -0.25) is 10.2 Å². The van der Waals surface area contributed by atoms with E-state index in [-0.39, 0.29) is 5.91 Å². The van der Waals surface area contributed by atoms with Crippen molar-refractivity contribution < 1.29 is 4.79 Å². The molecule has 0 aliphatic heterocycles. The van der Waals surface area contributed by atoms with Crippen LogP contribution in [-0.2, 0) is 4.79 Å². The first-order valence-corrected chi connectivity index (χ1v) is 2.83. The lowest BCUT2D eigenvalue weighted by atomic mass is 10.5. The van der Waals surface area contributed by atoms with Crippen molar-refractivity contribution in [2.75, 3.05) is 6.54 Å². The first-order chi connectivity index (χ1) is 3.81. The Hall–Kier alpha value is -0.570. The minimum absolute atomic E-state index is 0.0341. The van der Waals surface area contributed by atoms with Gasteiger partial charge in [0.2, 0.25) is 5.91 Å². The minimum atomic E-state index is 0.0341. The maximum atomic E-state index is 10.4. The lowest BCUT2D eigenvalue weighted by molar-refractivity contribution is -0.121. The maximum Gasteiger partial charge on any atom is 0.233 e. The normalized spacial score (nSPS) is 8.75. The predicted molar refractivity (Wildman–Crippen MR) is 32.1 cm³/mol. The monoisotopic (exact) mass is 116 g/mol. The number of hydrogen-bond acceptors (Lipinski definition) is 2. The van der Waals surface area contributed by atoms with Gasteiger partial charge in [-0.25, -0.2) is 5.43 Å². The van der Waals surface area contributed by atoms with E-state index in [2.05, 4.69) is 10.9 Å². The molecule has 0 atom stereocenters. The Morgan fingerprint density at radius 3 is 2.50 bits per heavy atom. The number of carbonyl (C=O) groups is 1. The molecule has 0 fully saturated rings.